The number of nitriles is 1. The van der Waals surface area contributed by atoms with Crippen molar-refractivity contribution < 1.29 is 26.7 Å². The Balaban J connectivity index is 1.57. The standard InChI is InChI=1S/C22H19F3N8O3S2/c23-13-8-32(6-3-15(13)34)18-16-12-2-1-11(38(35,36)31-22(9-26)4-5-22)7-14(12)33(19(16)28-10-27-18)21-30-29-20(37-21)17(24)25/h1-2,7,10,13,15,17,31,34H,3-6,8H2. The number of halogens is 3. The van der Waals surface area contributed by atoms with Crippen molar-refractivity contribution in [1.29, 1.82) is 5.26 Å². The van der Waals surface area contributed by atoms with Gasteiger partial charge in [0.1, 0.15) is 23.9 Å². The average molecular weight is 565 g/mol. The van der Waals surface area contributed by atoms with Gasteiger partial charge in [0.25, 0.3) is 6.43 Å². The first kappa shape index (κ1) is 24.9. The molecular formula is C22H19F3N8O3S2. The third kappa shape index (κ3) is 4.06. The van der Waals surface area contributed by atoms with Crippen molar-refractivity contribution in [2.45, 2.75) is 48.4 Å². The molecule has 6 rings (SSSR count). The van der Waals surface area contributed by atoms with Gasteiger partial charge in [0.05, 0.1) is 34.5 Å². The predicted molar refractivity (Wildman–Crippen MR) is 130 cm³/mol. The van der Waals surface area contributed by atoms with Crippen LogP contribution in [0.3, 0.4) is 0 Å². The number of piperidine rings is 1. The van der Waals surface area contributed by atoms with Gasteiger partial charge < -0.3 is 10.0 Å². The molecule has 2 atom stereocenters. The van der Waals surface area contributed by atoms with Crippen LogP contribution in [0, 0.1) is 11.3 Å². The van der Waals surface area contributed by atoms with Gasteiger partial charge >= 0.3 is 0 Å². The smallest absolute Gasteiger partial charge is 0.291 e. The summed E-state index contributed by atoms with van der Waals surface area (Å²) >= 11 is 0.623. The normalized spacial score (nSPS) is 21.3. The van der Waals surface area contributed by atoms with Crippen LogP contribution in [0.25, 0.3) is 27.1 Å². The molecule has 1 aliphatic heterocycles. The maximum absolute atomic E-state index is 14.4. The van der Waals surface area contributed by atoms with Crippen molar-refractivity contribution in [2.75, 3.05) is 18.0 Å². The molecule has 4 aromatic rings. The number of fused-ring (bicyclic) bond motifs is 3. The highest BCUT2D eigenvalue weighted by molar-refractivity contribution is 7.89. The molecule has 3 aromatic heterocycles. The summed E-state index contributed by atoms with van der Waals surface area (Å²) < 4.78 is 71.2. The molecule has 4 heterocycles. The number of hydrogen-bond donors (Lipinski definition) is 2. The minimum Gasteiger partial charge on any atom is -0.390 e. The third-order valence-electron chi connectivity index (χ3n) is 6.72. The molecule has 2 aliphatic rings. The Labute approximate surface area is 217 Å². The van der Waals surface area contributed by atoms with Crippen molar-refractivity contribution in [3.05, 3.63) is 29.5 Å². The van der Waals surface area contributed by atoms with Crippen molar-refractivity contribution in [3.63, 3.8) is 0 Å². The number of benzene rings is 1. The van der Waals surface area contributed by atoms with Gasteiger partial charge in [0.15, 0.2) is 10.7 Å². The summed E-state index contributed by atoms with van der Waals surface area (Å²) in [6.07, 6.45) is -3.25. The second kappa shape index (κ2) is 8.83. The monoisotopic (exact) mass is 564 g/mol. The molecule has 1 saturated heterocycles. The fourth-order valence-corrected chi connectivity index (χ4v) is 6.68. The molecule has 11 nitrogen and oxygen atoms in total. The number of aliphatic hydroxyl groups is 1. The highest BCUT2D eigenvalue weighted by Crippen LogP contribution is 2.40. The van der Waals surface area contributed by atoms with Gasteiger partial charge in [0, 0.05) is 11.9 Å². The quantitative estimate of drug-likeness (QED) is 0.360. The summed E-state index contributed by atoms with van der Waals surface area (Å²) in [5, 5.41) is 27.1. The number of nitrogens with zero attached hydrogens (tertiary/aromatic N) is 7. The van der Waals surface area contributed by atoms with Crippen LogP contribution < -0.4 is 9.62 Å². The van der Waals surface area contributed by atoms with Crippen LogP contribution in [-0.2, 0) is 10.0 Å². The molecule has 2 N–H and O–H groups in total. The Morgan fingerprint density at radius 1 is 1.26 bits per heavy atom. The Kier molecular flexibility index (Phi) is 5.79. The average Bonchev–Trinajstić information content (AvgIpc) is 3.33. The number of aromatic nitrogens is 5. The van der Waals surface area contributed by atoms with Crippen molar-refractivity contribution in [2.24, 2.45) is 0 Å². The molecule has 198 valence electrons. The zero-order valence-electron chi connectivity index (χ0n) is 19.4. The van der Waals surface area contributed by atoms with E-state index in [1.54, 1.807) is 4.90 Å². The number of nitrogens with one attached hydrogen (secondary N) is 1. The highest BCUT2D eigenvalue weighted by Gasteiger charge is 2.47. The molecule has 2 unspecified atom stereocenters. The molecule has 0 radical (unpaired) electrons. The number of alkyl halides is 3. The minimum atomic E-state index is -4.11. The first-order chi connectivity index (χ1) is 18.1. The number of rotatable bonds is 6. The molecule has 16 heteroatoms. The predicted octanol–water partition coefficient (Wildman–Crippen LogP) is 2.61. The molecule has 0 spiro atoms. The van der Waals surface area contributed by atoms with Crippen molar-refractivity contribution in [1.82, 2.24) is 29.5 Å². The largest absolute Gasteiger partial charge is 0.390 e. The molecule has 1 saturated carbocycles. The van der Waals surface area contributed by atoms with Crippen LogP contribution in [0.15, 0.2) is 29.4 Å². The highest BCUT2D eigenvalue weighted by atomic mass is 32.2. The first-order valence-corrected chi connectivity index (χ1v) is 13.9. The van der Waals surface area contributed by atoms with Gasteiger partial charge in [-0.05, 0) is 31.4 Å². The van der Waals surface area contributed by atoms with E-state index in [1.807, 2.05) is 6.07 Å². The number of aliphatic hydroxyl groups excluding tert-OH is 1. The Morgan fingerprint density at radius 3 is 2.71 bits per heavy atom. The second-order valence-corrected chi connectivity index (χ2v) is 11.9. The Hall–Kier alpha value is -3.39. The fourth-order valence-electron chi connectivity index (χ4n) is 4.57. The van der Waals surface area contributed by atoms with Crippen LogP contribution in [0.4, 0.5) is 19.0 Å². The van der Waals surface area contributed by atoms with Gasteiger partial charge in [0.2, 0.25) is 15.2 Å². The first-order valence-electron chi connectivity index (χ1n) is 11.6. The Morgan fingerprint density at radius 2 is 2.05 bits per heavy atom. The fraction of sp³-hybridized carbons (Fsp3) is 0.409. The molecule has 0 bridgehead atoms. The summed E-state index contributed by atoms with van der Waals surface area (Å²) in [6.45, 7) is 0.183. The third-order valence-corrected chi connectivity index (χ3v) is 9.17. The van der Waals surface area contributed by atoms with E-state index in [9.17, 15) is 32.0 Å². The molecule has 0 amide bonds. The Bertz CT molecular complexity index is 1710. The maximum Gasteiger partial charge on any atom is 0.291 e. The topological polar surface area (TPSA) is 150 Å². The number of anilines is 1. The number of sulfonamides is 1. The molecular weight excluding hydrogens is 545 g/mol. The van der Waals surface area contributed by atoms with Gasteiger partial charge in [-0.3, -0.25) is 4.57 Å². The van der Waals surface area contributed by atoms with E-state index in [1.165, 1.54) is 29.1 Å². The molecule has 38 heavy (non-hydrogen) atoms. The summed E-state index contributed by atoms with van der Waals surface area (Å²) in [6, 6.07) is 6.22. The van der Waals surface area contributed by atoms with E-state index >= 15 is 0 Å². The zero-order valence-corrected chi connectivity index (χ0v) is 21.1. The summed E-state index contributed by atoms with van der Waals surface area (Å²) in [5.41, 5.74) is -0.634. The van der Waals surface area contributed by atoms with E-state index in [2.05, 4.69) is 24.9 Å². The van der Waals surface area contributed by atoms with Crippen LogP contribution in [-0.4, -0.2) is 69.2 Å². The molecule has 1 aromatic carbocycles. The summed E-state index contributed by atoms with van der Waals surface area (Å²) in [5.74, 6) is 0.349. The van der Waals surface area contributed by atoms with Crippen LogP contribution in [0.5, 0.6) is 0 Å². The summed E-state index contributed by atoms with van der Waals surface area (Å²) in [4.78, 5) is 10.2. The van der Waals surface area contributed by atoms with E-state index < -0.39 is 39.3 Å². The maximum atomic E-state index is 14.4. The van der Waals surface area contributed by atoms with Crippen molar-refractivity contribution >= 4 is 49.1 Å². The molecule has 1 aliphatic carbocycles. The van der Waals surface area contributed by atoms with Crippen LogP contribution >= 0.6 is 11.3 Å². The van der Waals surface area contributed by atoms with Gasteiger partial charge in [-0.15, -0.1) is 10.2 Å². The van der Waals surface area contributed by atoms with Gasteiger partial charge in [-0.1, -0.05) is 17.4 Å². The zero-order chi connectivity index (χ0) is 26.8. The molecule has 2 fully saturated rings. The van der Waals surface area contributed by atoms with E-state index in [0.29, 0.717) is 47.3 Å². The lowest BCUT2D eigenvalue weighted by Gasteiger charge is -2.33. The van der Waals surface area contributed by atoms with E-state index in [-0.39, 0.29) is 34.2 Å². The van der Waals surface area contributed by atoms with Gasteiger partial charge in [-0.2, -0.15) is 9.98 Å². The van der Waals surface area contributed by atoms with E-state index in [0.717, 1.165) is 0 Å². The number of hydrogen-bond acceptors (Lipinski definition) is 10. The minimum absolute atomic E-state index is 0.0283. The van der Waals surface area contributed by atoms with Crippen LogP contribution in [0.1, 0.15) is 30.7 Å². The lowest BCUT2D eigenvalue weighted by atomic mass is 10.1. The summed E-state index contributed by atoms with van der Waals surface area (Å²) in [7, 11) is -4.11. The lowest BCUT2D eigenvalue weighted by Crippen LogP contribution is -2.45. The van der Waals surface area contributed by atoms with Crippen LogP contribution in [0.2, 0.25) is 0 Å². The van der Waals surface area contributed by atoms with Crippen molar-refractivity contribution in [3.8, 4) is 11.2 Å². The lowest BCUT2D eigenvalue weighted by molar-refractivity contribution is 0.0614. The van der Waals surface area contributed by atoms with Gasteiger partial charge in [-0.25, -0.2) is 31.6 Å². The SMILES string of the molecule is N#CC1(NS(=O)(=O)c2ccc3c4c(N5CCC(O)C(F)C5)ncnc4n(-c4nnc(C(F)F)s4)c3c2)CC1. The second-order valence-electron chi connectivity index (χ2n) is 9.25. The van der Waals surface area contributed by atoms with E-state index in [4.69, 9.17) is 0 Å².